The van der Waals surface area contributed by atoms with Crippen LogP contribution in [-0.4, -0.2) is 17.9 Å². The Morgan fingerprint density at radius 2 is 1.84 bits per heavy atom. The quantitative estimate of drug-likeness (QED) is 0.375. The van der Waals surface area contributed by atoms with Crippen LogP contribution in [0.4, 0.5) is 11.4 Å². The molecule has 0 fully saturated rings. The molecule has 0 aliphatic carbocycles. The monoisotopic (exact) mass is 440 g/mol. The first-order chi connectivity index (χ1) is 14.8. The van der Waals surface area contributed by atoms with Gasteiger partial charge in [0.05, 0.1) is 17.7 Å². The van der Waals surface area contributed by atoms with Crippen molar-refractivity contribution in [2.24, 2.45) is 0 Å². The minimum Gasteiger partial charge on any atom is -0.496 e. The van der Waals surface area contributed by atoms with E-state index in [1.807, 2.05) is 13.0 Å². The Kier molecular flexibility index (Phi) is 6.77. The zero-order valence-corrected chi connectivity index (χ0v) is 18.0. The van der Waals surface area contributed by atoms with E-state index in [1.165, 1.54) is 19.2 Å². The van der Waals surface area contributed by atoms with Gasteiger partial charge in [0, 0.05) is 28.3 Å². The number of amides is 1. The maximum Gasteiger partial charge on any atom is 0.271 e. The third-order valence-electron chi connectivity index (χ3n) is 4.75. The second-order valence-electron chi connectivity index (χ2n) is 6.94. The Labute approximate surface area is 184 Å². The number of halogens is 1. The SMILES string of the molecule is COc1ccc(C(=O)Nc2cc([N+](=O)[O-])ccc2C)cc1COc1ccc(Cl)c(C)c1. The first-order valence-electron chi connectivity index (χ1n) is 9.40. The number of nitrogens with one attached hydrogen (secondary N) is 1. The number of anilines is 1. The highest BCUT2D eigenvalue weighted by atomic mass is 35.5. The number of benzene rings is 3. The molecule has 0 aliphatic heterocycles. The Morgan fingerprint density at radius 1 is 1.06 bits per heavy atom. The molecular weight excluding hydrogens is 420 g/mol. The Bertz CT molecular complexity index is 1150. The minimum atomic E-state index is -0.504. The lowest BCUT2D eigenvalue weighted by atomic mass is 10.1. The fraction of sp³-hybridized carbons (Fsp3) is 0.174. The highest BCUT2D eigenvalue weighted by molar-refractivity contribution is 6.31. The molecule has 0 aliphatic rings. The Hall–Kier alpha value is -3.58. The molecule has 0 bridgehead atoms. The third kappa shape index (κ3) is 5.32. The van der Waals surface area contributed by atoms with Crippen LogP contribution in [0.25, 0.3) is 0 Å². The fourth-order valence-electron chi connectivity index (χ4n) is 2.95. The number of hydrogen-bond acceptors (Lipinski definition) is 5. The summed E-state index contributed by atoms with van der Waals surface area (Å²) in [7, 11) is 1.54. The smallest absolute Gasteiger partial charge is 0.271 e. The molecule has 1 amide bonds. The summed E-state index contributed by atoms with van der Waals surface area (Å²) in [4.78, 5) is 23.3. The van der Waals surface area contributed by atoms with Gasteiger partial charge in [0.15, 0.2) is 0 Å². The molecule has 0 unspecified atom stereocenters. The maximum atomic E-state index is 12.8. The van der Waals surface area contributed by atoms with E-state index in [9.17, 15) is 14.9 Å². The van der Waals surface area contributed by atoms with Crippen LogP contribution in [-0.2, 0) is 6.61 Å². The Balaban J connectivity index is 1.80. The van der Waals surface area contributed by atoms with Crippen LogP contribution in [0, 0.1) is 24.0 Å². The molecule has 0 saturated carbocycles. The van der Waals surface area contributed by atoms with Crippen LogP contribution >= 0.6 is 11.6 Å². The number of rotatable bonds is 7. The van der Waals surface area contributed by atoms with E-state index >= 15 is 0 Å². The van der Waals surface area contributed by atoms with Crippen molar-refractivity contribution in [2.45, 2.75) is 20.5 Å². The standard InChI is InChI=1S/C23H21ClN2O5/c1-14-4-6-18(26(28)29)12-21(14)25-23(27)16-5-9-22(30-3)17(11-16)13-31-19-7-8-20(24)15(2)10-19/h4-12H,13H2,1-3H3,(H,25,27). The number of ether oxygens (including phenoxy) is 2. The van der Waals surface area contributed by atoms with Crippen molar-refractivity contribution in [3.8, 4) is 11.5 Å². The molecule has 0 heterocycles. The average Bonchev–Trinajstić information content (AvgIpc) is 2.75. The van der Waals surface area contributed by atoms with Gasteiger partial charge in [0.25, 0.3) is 11.6 Å². The van der Waals surface area contributed by atoms with Crippen molar-refractivity contribution < 1.29 is 19.2 Å². The van der Waals surface area contributed by atoms with Crippen molar-refractivity contribution in [1.29, 1.82) is 0 Å². The highest BCUT2D eigenvalue weighted by Gasteiger charge is 2.15. The summed E-state index contributed by atoms with van der Waals surface area (Å²) in [5, 5.41) is 14.4. The molecule has 8 heteroatoms. The summed E-state index contributed by atoms with van der Waals surface area (Å²) >= 11 is 6.05. The molecule has 0 saturated heterocycles. The van der Waals surface area contributed by atoms with E-state index < -0.39 is 10.8 Å². The lowest BCUT2D eigenvalue weighted by Gasteiger charge is -2.13. The molecule has 7 nitrogen and oxygen atoms in total. The third-order valence-corrected chi connectivity index (χ3v) is 5.17. The molecule has 31 heavy (non-hydrogen) atoms. The number of aryl methyl sites for hydroxylation is 2. The van der Waals surface area contributed by atoms with E-state index in [2.05, 4.69) is 5.32 Å². The largest absolute Gasteiger partial charge is 0.496 e. The van der Waals surface area contributed by atoms with Crippen molar-refractivity contribution >= 4 is 28.9 Å². The van der Waals surface area contributed by atoms with Crippen LogP contribution in [0.15, 0.2) is 54.6 Å². The van der Waals surface area contributed by atoms with Gasteiger partial charge in [-0.1, -0.05) is 17.7 Å². The van der Waals surface area contributed by atoms with Gasteiger partial charge in [-0.3, -0.25) is 14.9 Å². The van der Waals surface area contributed by atoms with E-state index in [0.717, 1.165) is 5.56 Å². The summed E-state index contributed by atoms with van der Waals surface area (Å²) in [5.41, 5.74) is 2.95. The molecular formula is C23H21ClN2O5. The van der Waals surface area contributed by atoms with Gasteiger partial charge in [0.1, 0.15) is 18.1 Å². The van der Waals surface area contributed by atoms with Crippen LogP contribution in [0.1, 0.15) is 27.0 Å². The van der Waals surface area contributed by atoms with E-state index in [1.54, 1.807) is 43.3 Å². The molecule has 3 aromatic rings. The summed E-state index contributed by atoms with van der Waals surface area (Å²) < 4.78 is 11.2. The zero-order valence-electron chi connectivity index (χ0n) is 17.3. The summed E-state index contributed by atoms with van der Waals surface area (Å²) in [5.74, 6) is 0.828. The van der Waals surface area contributed by atoms with E-state index in [-0.39, 0.29) is 12.3 Å². The van der Waals surface area contributed by atoms with E-state index in [4.69, 9.17) is 21.1 Å². The number of nitro benzene ring substituents is 1. The van der Waals surface area contributed by atoms with Crippen molar-refractivity contribution in [2.75, 3.05) is 12.4 Å². The number of carbonyl (C=O) groups is 1. The molecule has 0 spiro atoms. The van der Waals surface area contributed by atoms with Gasteiger partial charge < -0.3 is 14.8 Å². The molecule has 160 valence electrons. The highest BCUT2D eigenvalue weighted by Crippen LogP contribution is 2.26. The average molecular weight is 441 g/mol. The summed E-state index contributed by atoms with van der Waals surface area (Å²) in [6.45, 7) is 3.83. The lowest BCUT2D eigenvalue weighted by molar-refractivity contribution is -0.384. The van der Waals surface area contributed by atoms with Gasteiger partial charge in [-0.25, -0.2) is 0 Å². The molecule has 3 aromatic carbocycles. The number of methoxy groups -OCH3 is 1. The van der Waals surface area contributed by atoms with Crippen molar-refractivity contribution in [3.05, 3.63) is 92.0 Å². The Morgan fingerprint density at radius 3 is 2.52 bits per heavy atom. The normalized spacial score (nSPS) is 10.5. The number of non-ortho nitro benzene ring substituents is 1. The van der Waals surface area contributed by atoms with Gasteiger partial charge in [-0.15, -0.1) is 0 Å². The fourth-order valence-corrected chi connectivity index (χ4v) is 3.07. The topological polar surface area (TPSA) is 90.7 Å². The second-order valence-corrected chi connectivity index (χ2v) is 7.34. The maximum absolute atomic E-state index is 12.8. The molecule has 0 radical (unpaired) electrons. The van der Waals surface area contributed by atoms with Crippen LogP contribution in [0.2, 0.25) is 5.02 Å². The van der Waals surface area contributed by atoms with Gasteiger partial charge in [-0.2, -0.15) is 0 Å². The minimum absolute atomic E-state index is 0.0945. The van der Waals surface area contributed by atoms with E-state index in [0.29, 0.717) is 38.9 Å². The number of nitro groups is 1. The van der Waals surface area contributed by atoms with Crippen LogP contribution < -0.4 is 14.8 Å². The lowest BCUT2D eigenvalue weighted by Crippen LogP contribution is -2.14. The van der Waals surface area contributed by atoms with Gasteiger partial charge >= 0.3 is 0 Å². The number of carbonyl (C=O) groups excluding carboxylic acids is 1. The van der Waals surface area contributed by atoms with Crippen LogP contribution in [0.3, 0.4) is 0 Å². The van der Waals surface area contributed by atoms with Gasteiger partial charge in [-0.05, 0) is 61.4 Å². The second kappa shape index (κ2) is 9.49. The summed E-state index contributed by atoms with van der Waals surface area (Å²) in [6, 6.07) is 14.7. The zero-order chi connectivity index (χ0) is 22.5. The molecule has 0 aromatic heterocycles. The predicted octanol–water partition coefficient (Wildman–Crippen LogP) is 5.70. The first-order valence-corrected chi connectivity index (χ1v) is 9.78. The molecule has 1 N–H and O–H groups in total. The van der Waals surface area contributed by atoms with Crippen LogP contribution in [0.5, 0.6) is 11.5 Å². The number of nitrogens with zero attached hydrogens (tertiary/aromatic N) is 1. The van der Waals surface area contributed by atoms with Gasteiger partial charge in [0.2, 0.25) is 0 Å². The summed E-state index contributed by atoms with van der Waals surface area (Å²) in [6.07, 6.45) is 0. The van der Waals surface area contributed by atoms with Crippen molar-refractivity contribution in [3.63, 3.8) is 0 Å². The number of hydrogen-bond donors (Lipinski definition) is 1. The predicted molar refractivity (Wildman–Crippen MR) is 119 cm³/mol. The molecule has 3 rings (SSSR count). The van der Waals surface area contributed by atoms with Crippen molar-refractivity contribution in [1.82, 2.24) is 0 Å². The molecule has 0 atom stereocenters. The first kappa shape index (κ1) is 22.1.